The van der Waals surface area contributed by atoms with Crippen LogP contribution in [0.4, 0.5) is 5.69 Å². The molecule has 5 heteroatoms. The van der Waals surface area contributed by atoms with Crippen molar-refractivity contribution in [2.45, 2.75) is 19.8 Å². The van der Waals surface area contributed by atoms with Crippen molar-refractivity contribution in [3.63, 3.8) is 0 Å². The van der Waals surface area contributed by atoms with E-state index in [1.54, 1.807) is 31.2 Å². The summed E-state index contributed by atoms with van der Waals surface area (Å²) in [5.41, 5.74) is 1.76. The van der Waals surface area contributed by atoms with Crippen LogP contribution in [0.5, 0.6) is 5.75 Å². The summed E-state index contributed by atoms with van der Waals surface area (Å²) >= 11 is 0. The number of benzene rings is 2. The molecule has 0 saturated heterocycles. The summed E-state index contributed by atoms with van der Waals surface area (Å²) in [4.78, 5) is 23.3. The van der Waals surface area contributed by atoms with Gasteiger partial charge in [-0.15, -0.1) is 0 Å². The molecule has 0 saturated carbocycles. The molecule has 2 aromatic carbocycles. The molecule has 0 bridgehead atoms. The Bertz CT molecular complexity index is 670. The fourth-order valence-corrected chi connectivity index (χ4v) is 2.13. The van der Waals surface area contributed by atoms with E-state index < -0.39 is 5.97 Å². The lowest BCUT2D eigenvalue weighted by molar-refractivity contribution is -0.145. The number of amides is 1. The molecule has 0 radical (unpaired) electrons. The van der Waals surface area contributed by atoms with E-state index >= 15 is 0 Å². The highest BCUT2D eigenvalue weighted by atomic mass is 16.6. The molecule has 1 amide bonds. The number of hydrogen-bond donors (Lipinski definition) is 1. The van der Waals surface area contributed by atoms with Crippen LogP contribution >= 0.6 is 0 Å². The van der Waals surface area contributed by atoms with Gasteiger partial charge < -0.3 is 14.8 Å². The van der Waals surface area contributed by atoms with Crippen LogP contribution in [0.1, 0.15) is 18.9 Å². The molecule has 2 rings (SSSR count). The van der Waals surface area contributed by atoms with Gasteiger partial charge in [-0.25, -0.2) is 4.79 Å². The van der Waals surface area contributed by atoms with Gasteiger partial charge in [-0.2, -0.15) is 0 Å². The third-order valence-corrected chi connectivity index (χ3v) is 3.26. The minimum atomic E-state index is -0.421. The number of hydrogen-bond acceptors (Lipinski definition) is 4. The van der Waals surface area contributed by atoms with Crippen molar-refractivity contribution >= 4 is 17.6 Å². The second-order valence-corrected chi connectivity index (χ2v) is 5.16. The molecule has 1 N–H and O–H groups in total. The number of ether oxygens (including phenoxy) is 2. The van der Waals surface area contributed by atoms with Gasteiger partial charge in [0.15, 0.2) is 6.61 Å². The maximum Gasteiger partial charge on any atom is 0.344 e. The molecule has 126 valence electrons. The molecule has 5 nitrogen and oxygen atoms in total. The summed E-state index contributed by atoms with van der Waals surface area (Å²) in [6.07, 6.45) is 1.09. The minimum absolute atomic E-state index is 0.0682. The Kier molecular flexibility index (Phi) is 6.83. The predicted molar refractivity (Wildman–Crippen MR) is 92.0 cm³/mol. The fourth-order valence-electron chi connectivity index (χ4n) is 2.13. The van der Waals surface area contributed by atoms with Crippen molar-refractivity contribution in [3.8, 4) is 5.75 Å². The number of esters is 1. The Labute approximate surface area is 141 Å². The summed E-state index contributed by atoms with van der Waals surface area (Å²) in [5, 5.41) is 2.83. The Hall–Kier alpha value is -2.82. The van der Waals surface area contributed by atoms with Gasteiger partial charge in [-0.1, -0.05) is 36.4 Å². The first-order chi connectivity index (χ1) is 11.7. The number of anilines is 1. The molecule has 0 aliphatic rings. The van der Waals surface area contributed by atoms with E-state index in [-0.39, 0.29) is 12.5 Å². The maximum absolute atomic E-state index is 12.0. The highest BCUT2D eigenvalue weighted by molar-refractivity contribution is 5.91. The molecule has 0 spiro atoms. The zero-order valence-corrected chi connectivity index (χ0v) is 13.7. The molecule has 0 atom stereocenters. The normalized spacial score (nSPS) is 10.0. The van der Waals surface area contributed by atoms with Crippen LogP contribution in [0.2, 0.25) is 0 Å². The third-order valence-electron chi connectivity index (χ3n) is 3.26. The summed E-state index contributed by atoms with van der Waals surface area (Å²) in [7, 11) is 0. The molecule has 0 fully saturated rings. The predicted octanol–water partition coefficient (Wildman–Crippen LogP) is 3.20. The van der Waals surface area contributed by atoms with E-state index in [0.717, 1.165) is 5.56 Å². The molecule has 2 aromatic rings. The molecule has 0 unspecified atom stereocenters. The van der Waals surface area contributed by atoms with E-state index in [4.69, 9.17) is 9.47 Å². The third kappa shape index (κ3) is 6.12. The molecule has 0 heterocycles. The SMILES string of the molecule is CCOC(=O)COc1cccc(NC(=O)CCc2ccccc2)c1. The maximum atomic E-state index is 12.0. The van der Waals surface area contributed by atoms with Crippen molar-refractivity contribution in [2.24, 2.45) is 0 Å². The van der Waals surface area contributed by atoms with E-state index in [1.165, 1.54) is 0 Å². The van der Waals surface area contributed by atoms with Gasteiger partial charge in [-0.05, 0) is 31.0 Å². The lowest BCUT2D eigenvalue weighted by Gasteiger charge is -2.09. The van der Waals surface area contributed by atoms with E-state index in [2.05, 4.69) is 5.32 Å². The summed E-state index contributed by atoms with van der Waals surface area (Å²) in [6, 6.07) is 16.8. The number of rotatable bonds is 8. The fraction of sp³-hybridized carbons (Fsp3) is 0.263. The van der Waals surface area contributed by atoms with Crippen LogP contribution in [-0.2, 0) is 20.7 Å². The van der Waals surface area contributed by atoms with Crippen molar-refractivity contribution < 1.29 is 19.1 Å². The topological polar surface area (TPSA) is 64.6 Å². The van der Waals surface area contributed by atoms with Crippen LogP contribution in [0.25, 0.3) is 0 Å². The van der Waals surface area contributed by atoms with Gasteiger partial charge in [0.1, 0.15) is 5.75 Å². The second-order valence-electron chi connectivity index (χ2n) is 5.16. The van der Waals surface area contributed by atoms with Gasteiger partial charge >= 0.3 is 5.97 Å². The smallest absolute Gasteiger partial charge is 0.344 e. The average molecular weight is 327 g/mol. The lowest BCUT2D eigenvalue weighted by atomic mass is 10.1. The molecule has 0 aromatic heterocycles. The lowest BCUT2D eigenvalue weighted by Crippen LogP contribution is -2.15. The van der Waals surface area contributed by atoms with E-state index in [9.17, 15) is 9.59 Å². The van der Waals surface area contributed by atoms with Crippen LogP contribution in [0, 0.1) is 0 Å². The van der Waals surface area contributed by atoms with Gasteiger partial charge in [0, 0.05) is 18.2 Å². The molecular weight excluding hydrogens is 306 g/mol. The first-order valence-corrected chi connectivity index (χ1v) is 7.89. The average Bonchev–Trinajstić information content (AvgIpc) is 2.60. The van der Waals surface area contributed by atoms with Crippen molar-refractivity contribution in [1.82, 2.24) is 0 Å². The van der Waals surface area contributed by atoms with Gasteiger partial charge in [0.25, 0.3) is 0 Å². The van der Waals surface area contributed by atoms with Gasteiger partial charge in [0.2, 0.25) is 5.91 Å². The van der Waals surface area contributed by atoms with Gasteiger partial charge in [-0.3, -0.25) is 4.79 Å². The van der Waals surface area contributed by atoms with Crippen LogP contribution in [0.3, 0.4) is 0 Å². The zero-order valence-electron chi connectivity index (χ0n) is 13.7. The van der Waals surface area contributed by atoms with Crippen molar-refractivity contribution in [1.29, 1.82) is 0 Å². The first kappa shape index (κ1) is 17.5. The second kappa shape index (κ2) is 9.35. The Balaban J connectivity index is 1.82. The van der Waals surface area contributed by atoms with Crippen molar-refractivity contribution in [3.05, 3.63) is 60.2 Å². The molecular formula is C19H21NO4. The van der Waals surface area contributed by atoms with Crippen LogP contribution in [0.15, 0.2) is 54.6 Å². The quantitative estimate of drug-likeness (QED) is 0.756. The summed E-state index contributed by atoms with van der Waals surface area (Å²) in [5.74, 6) is 0.0140. The molecule has 0 aliphatic carbocycles. The summed E-state index contributed by atoms with van der Waals surface area (Å²) in [6.45, 7) is 1.91. The van der Waals surface area contributed by atoms with E-state index in [1.807, 2.05) is 30.3 Å². The first-order valence-electron chi connectivity index (χ1n) is 7.89. The minimum Gasteiger partial charge on any atom is -0.482 e. The van der Waals surface area contributed by atoms with Gasteiger partial charge in [0.05, 0.1) is 6.61 Å². The Morgan fingerprint density at radius 2 is 1.83 bits per heavy atom. The summed E-state index contributed by atoms with van der Waals surface area (Å²) < 4.78 is 10.1. The standard InChI is InChI=1S/C19H21NO4/c1-2-23-19(22)14-24-17-10-6-9-16(13-17)20-18(21)12-11-15-7-4-3-5-8-15/h3-10,13H,2,11-12,14H2,1H3,(H,20,21). The molecule has 24 heavy (non-hydrogen) atoms. The Morgan fingerprint density at radius 3 is 2.58 bits per heavy atom. The Morgan fingerprint density at radius 1 is 1.04 bits per heavy atom. The number of nitrogens with one attached hydrogen (secondary N) is 1. The number of aryl methyl sites for hydroxylation is 1. The highest BCUT2D eigenvalue weighted by Gasteiger charge is 2.06. The van der Waals surface area contributed by atoms with Crippen LogP contribution < -0.4 is 10.1 Å². The number of carbonyl (C=O) groups is 2. The zero-order chi connectivity index (χ0) is 17.2. The van der Waals surface area contributed by atoms with E-state index in [0.29, 0.717) is 30.9 Å². The highest BCUT2D eigenvalue weighted by Crippen LogP contribution is 2.17. The monoisotopic (exact) mass is 327 g/mol. The van der Waals surface area contributed by atoms with Crippen LogP contribution in [-0.4, -0.2) is 25.1 Å². The number of carbonyl (C=O) groups excluding carboxylic acids is 2. The van der Waals surface area contributed by atoms with Crippen molar-refractivity contribution in [2.75, 3.05) is 18.5 Å². The molecule has 0 aliphatic heterocycles. The largest absolute Gasteiger partial charge is 0.482 e.